The molecule has 1 N–H and O–H groups in total. The number of rotatable bonds is 6. The number of aryl methyl sites for hydroxylation is 1. The van der Waals surface area contributed by atoms with Gasteiger partial charge in [0.15, 0.2) is 0 Å². The number of amides is 1. The van der Waals surface area contributed by atoms with Crippen molar-refractivity contribution in [1.82, 2.24) is 9.80 Å². The van der Waals surface area contributed by atoms with Gasteiger partial charge in [0.05, 0.1) is 13.2 Å². The first kappa shape index (κ1) is 18.3. The SMILES string of the molecule is O=C(CCc1cccc(F)c1)N1C[C@@H](CO)[C@@H](CN2CCOCC2)C1. The van der Waals surface area contributed by atoms with Gasteiger partial charge < -0.3 is 14.7 Å². The number of carbonyl (C=O) groups excluding carboxylic acids is 1. The van der Waals surface area contributed by atoms with Gasteiger partial charge >= 0.3 is 0 Å². The van der Waals surface area contributed by atoms with Crippen LogP contribution >= 0.6 is 0 Å². The predicted octanol–water partition coefficient (Wildman–Crippen LogP) is 1.16. The number of aliphatic hydroxyl groups is 1. The highest BCUT2D eigenvalue weighted by atomic mass is 19.1. The molecule has 0 bridgehead atoms. The molecule has 0 aliphatic carbocycles. The summed E-state index contributed by atoms with van der Waals surface area (Å²) >= 11 is 0. The van der Waals surface area contributed by atoms with Crippen LogP contribution in [0.2, 0.25) is 0 Å². The van der Waals surface area contributed by atoms with Gasteiger partial charge in [-0.05, 0) is 30.0 Å². The fraction of sp³-hybridized carbons (Fsp3) is 0.632. The summed E-state index contributed by atoms with van der Waals surface area (Å²) in [6.45, 7) is 5.69. The number of aliphatic hydroxyl groups excluding tert-OH is 1. The van der Waals surface area contributed by atoms with E-state index in [4.69, 9.17) is 4.74 Å². The van der Waals surface area contributed by atoms with E-state index in [9.17, 15) is 14.3 Å². The molecule has 0 radical (unpaired) electrons. The third kappa shape index (κ3) is 5.00. The highest BCUT2D eigenvalue weighted by Crippen LogP contribution is 2.25. The van der Waals surface area contributed by atoms with Gasteiger partial charge in [-0.25, -0.2) is 4.39 Å². The number of ether oxygens (including phenoxy) is 1. The second-order valence-electron chi connectivity index (χ2n) is 7.04. The number of morpholine rings is 1. The van der Waals surface area contributed by atoms with Crippen LogP contribution in [0.3, 0.4) is 0 Å². The first-order valence-corrected chi connectivity index (χ1v) is 9.09. The van der Waals surface area contributed by atoms with Crippen molar-refractivity contribution in [2.75, 3.05) is 52.5 Å². The van der Waals surface area contributed by atoms with Crippen molar-refractivity contribution >= 4 is 5.91 Å². The lowest BCUT2D eigenvalue weighted by molar-refractivity contribution is -0.130. The van der Waals surface area contributed by atoms with Gasteiger partial charge in [0, 0.05) is 51.7 Å². The molecular formula is C19H27FN2O3. The van der Waals surface area contributed by atoms with E-state index in [1.807, 2.05) is 11.0 Å². The number of halogens is 1. The maximum absolute atomic E-state index is 13.2. The summed E-state index contributed by atoms with van der Waals surface area (Å²) in [5.74, 6) is 0.270. The van der Waals surface area contributed by atoms with E-state index >= 15 is 0 Å². The average molecular weight is 350 g/mol. The Bertz CT molecular complexity index is 578. The van der Waals surface area contributed by atoms with Crippen LogP contribution in [0.4, 0.5) is 4.39 Å². The van der Waals surface area contributed by atoms with Crippen LogP contribution in [0.1, 0.15) is 12.0 Å². The average Bonchev–Trinajstić information content (AvgIpc) is 3.03. The molecule has 2 fully saturated rings. The summed E-state index contributed by atoms with van der Waals surface area (Å²) in [4.78, 5) is 16.7. The minimum absolute atomic E-state index is 0.0900. The molecule has 138 valence electrons. The van der Waals surface area contributed by atoms with Crippen molar-refractivity contribution in [3.63, 3.8) is 0 Å². The maximum Gasteiger partial charge on any atom is 0.222 e. The normalized spacial score (nSPS) is 24.6. The minimum Gasteiger partial charge on any atom is -0.396 e. The third-order valence-electron chi connectivity index (χ3n) is 5.28. The molecule has 1 amide bonds. The first-order valence-electron chi connectivity index (χ1n) is 9.09. The quantitative estimate of drug-likeness (QED) is 0.837. The first-order chi connectivity index (χ1) is 12.2. The van der Waals surface area contributed by atoms with Crippen LogP contribution in [-0.2, 0) is 16.0 Å². The maximum atomic E-state index is 13.2. The predicted molar refractivity (Wildman–Crippen MR) is 92.6 cm³/mol. The summed E-state index contributed by atoms with van der Waals surface area (Å²) in [6.07, 6.45) is 0.927. The lowest BCUT2D eigenvalue weighted by Gasteiger charge is -2.30. The summed E-state index contributed by atoms with van der Waals surface area (Å²) < 4.78 is 18.6. The van der Waals surface area contributed by atoms with Gasteiger partial charge in [0.25, 0.3) is 0 Å². The largest absolute Gasteiger partial charge is 0.396 e. The number of nitrogens with zero attached hydrogens (tertiary/aromatic N) is 2. The molecule has 25 heavy (non-hydrogen) atoms. The lowest BCUT2D eigenvalue weighted by Crippen LogP contribution is -2.41. The zero-order valence-electron chi connectivity index (χ0n) is 14.6. The Hall–Kier alpha value is -1.50. The molecule has 1 aromatic rings. The van der Waals surface area contributed by atoms with Crippen LogP contribution in [0.25, 0.3) is 0 Å². The monoisotopic (exact) mass is 350 g/mol. The van der Waals surface area contributed by atoms with E-state index in [0.717, 1.165) is 38.4 Å². The van der Waals surface area contributed by atoms with E-state index in [1.54, 1.807) is 6.07 Å². The van der Waals surface area contributed by atoms with E-state index in [0.29, 0.717) is 31.8 Å². The van der Waals surface area contributed by atoms with Gasteiger partial charge in [-0.1, -0.05) is 12.1 Å². The molecule has 5 nitrogen and oxygen atoms in total. The molecular weight excluding hydrogens is 323 g/mol. The molecule has 1 aromatic carbocycles. The van der Waals surface area contributed by atoms with Crippen molar-refractivity contribution < 1.29 is 19.0 Å². The molecule has 6 heteroatoms. The van der Waals surface area contributed by atoms with Crippen LogP contribution in [0, 0.1) is 17.7 Å². The highest BCUT2D eigenvalue weighted by molar-refractivity contribution is 5.76. The summed E-state index contributed by atoms with van der Waals surface area (Å²) in [5, 5.41) is 9.68. The minimum atomic E-state index is -0.267. The Morgan fingerprint density at radius 1 is 1.24 bits per heavy atom. The molecule has 3 rings (SSSR count). The van der Waals surface area contributed by atoms with Gasteiger partial charge in [-0.3, -0.25) is 9.69 Å². The molecule has 0 spiro atoms. The summed E-state index contributed by atoms with van der Waals surface area (Å²) in [7, 11) is 0. The van der Waals surface area contributed by atoms with Crippen LogP contribution in [0.15, 0.2) is 24.3 Å². The molecule has 2 heterocycles. The van der Waals surface area contributed by atoms with Gasteiger partial charge in [0.2, 0.25) is 5.91 Å². The summed E-state index contributed by atoms with van der Waals surface area (Å²) in [5.41, 5.74) is 0.844. The fourth-order valence-electron chi connectivity index (χ4n) is 3.77. The van der Waals surface area contributed by atoms with Crippen LogP contribution in [0.5, 0.6) is 0 Å². The summed E-state index contributed by atoms with van der Waals surface area (Å²) in [6, 6.07) is 6.41. The second-order valence-corrected chi connectivity index (χ2v) is 7.04. The fourth-order valence-corrected chi connectivity index (χ4v) is 3.77. The zero-order chi connectivity index (χ0) is 17.6. The van der Waals surface area contributed by atoms with Crippen molar-refractivity contribution in [1.29, 1.82) is 0 Å². The van der Waals surface area contributed by atoms with E-state index < -0.39 is 0 Å². The second kappa shape index (κ2) is 8.74. The Labute approximate surface area is 148 Å². The van der Waals surface area contributed by atoms with E-state index in [2.05, 4.69) is 4.90 Å². The number of benzene rings is 1. The zero-order valence-corrected chi connectivity index (χ0v) is 14.6. The van der Waals surface area contributed by atoms with E-state index in [-0.39, 0.29) is 24.2 Å². The molecule has 2 aliphatic heterocycles. The Kier molecular flexibility index (Phi) is 6.39. The molecule has 2 atom stereocenters. The van der Waals surface area contributed by atoms with Crippen molar-refractivity contribution in [3.8, 4) is 0 Å². The van der Waals surface area contributed by atoms with Gasteiger partial charge in [-0.15, -0.1) is 0 Å². The van der Waals surface area contributed by atoms with E-state index in [1.165, 1.54) is 12.1 Å². The molecule has 0 saturated carbocycles. The van der Waals surface area contributed by atoms with Crippen LogP contribution < -0.4 is 0 Å². The Balaban J connectivity index is 1.50. The molecule has 2 saturated heterocycles. The van der Waals surface area contributed by atoms with Crippen molar-refractivity contribution in [2.24, 2.45) is 11.8 Å². The van der Waals surface area contributed by atoms with Crippen molar-refractivity contribution in [3.05, 3.63) is 35.6 Å². The van der Waals surface area contributed by atoms with Gasteiger partial charge in [0.1, 0.15) is 5.82 Å². The number of hydrogen-bond acceptors (Lipinski definition) is 4. The number of hydrogen-bond donors (Lipinski definition) is 1. The molecule has 0 aromatic heterocycles. The molecule has 2 aliphatic rings. The highest BCUT2D eigenvalue weighted by Gasteiger charge is 2.35. The topological polar surface area (TPSA) is 53.0 Å². The standard InChI is InChI=1S/C19H27FN2O3/c20-18-3-1-2-15(10-18)4-5-19(24)22-12-16(17(13-22)14-23)11-21-6-8-25-9-7-21/h1-3,10,16-17,23H,4-9,11-14H2/t16-,17-/m0/s1. The van der Waals surface area contributed by atoms with Crippen LogP contribution in [-0.4, -0.2) is 73.4 Å². The molecule has 0 unspecified atom stereocenters. The number of carbonyl (C=O) groups is 1. The Morgan fingerprint density at radius 2 is 2.00 bits per heavy atom. The van der Waals surface area contributed by atoms with Crippen molar-refractivity contribution in [2.45, 2.75) is 12.8 Å². The smallest absolute Gasteiger partial charge is 0.222 e. The lowest BCUT2D eigenvalue weighted by atomic mass is 9.96. The Morgan fingerprint density at radius 3 is 2.72 bits per heavy atom. The number of likely N-dealkylation sites (tertiary alicyclic amines) is 1. The third-order valence-corrected chi connectivity index (χ3v) is 5.28. The van der Waals surface area contributed by atoms with Gasteiger partial charge in [-0.2, -0.15) is 0 Å².